The molecule has 2 atom stereocenters. The predicted molar refractivity (Wildman–Crippen MR) is 110 cm³/mol. The summed E-state index contributed by atoms with van der Waals surface area (Å²) >= 11 is 1.53. The molecule has 0 aliphatic heterocycles. The number of hydrogen-bond donors (Lipinski definition) is 4. The number of amides is 1. The third-order valence-electron chi connectivity index (χ3n) is 3.87. The van der Waals surface area contributed by atoms with E-state index in [2.05, 4.69) is 5.32 Å². The van der Waals surface area contributed by atoms with Crippen molar-refractivity contribution < 1.29 is 14.3 Å². The number of nitrogens with one attached hydrogen (secondary N) is 1. The zero-order chi connectivity index (χ0) is 19.9. The number of benzene rings is 1. The van der Waals surface area contributed by atoms with Crippen LogP contribution in [0.25, 0.3) is 0 Å². The smallest absolute Gasteiger partial charge is 0.306 e. The summed E-state index contributed by atoms with van der Waals surface area (Å²) in [7, 11) is 0. The van der Waals surface area contributed by atoms with Crippen molar-refractivity contribution in [3.05, 3.63) is 35.9 Å². The molecule has 0 aliphatic carbocycles. The molecule has 1 aromatic rings. The number of unbranched alkanes of at least 4 members (excludes halogenated alkanes) is 2. The predicted octanol–water partition coefficient (Wildman–Crippen LogP) is 0.753. The third-order valence-corrected chi connectivity index (χ3v) is 5.13. The first-order chi connectivity index (χ1) is 13.0. The van der Waals surface area contributed by atoms with Gasteiger partial charge >= 0.3 is 5.97 Å². The molecule has 0 aromatic heterocycles. The van der Waals surface area contributed by atoms with E-state index in [-0.39, 0.29) is 17.9 Å². The molecule has 7 N–H and O–H groups in total. The molecule has 1 rings (SSSR count). The number of hydrogen-bond acceptors (Lipinski definition) is 7. The van der Waals surface area contributed by atoms with Crippen LogP contribution in [0.5, 0.6) is 0 Å². The van der Waals surface area contributed by atoms with E-state index < -0.39 is 6.04 Å². The van der Waals surface area contributed by atoms with Crippen molar-refractivity contribution in [2.75, 3.05) is 24.6 Å². The average Bonchev–Trinajstić information content (AvgIpc) is 2.69. The summed E-state index contributed by atoms with van der Waals surface area (Å²) < 4.78 is 5.22. The largest absolute Gasteiger partial charge is 0.461 e. The third kappa shape index (κ3) is 11.7. The number of ether oxygens (including phenoxy) is 1. The van der Waals surface area contributed by atoms with Gasteiger partial charge < -0.3 is 27.3 Å². The Morgan fingerprint density at radius 3 is 2.52 bits per heavy atom. The Balaban J connectivity index is 1.99. The molecule has 0 heterocycles. The van der Waals surface area contributed by atoms with Crippen LogP contribution in [-0.2, 0) is 20.9 Å². The standard InChI is InChI=1S/C19H32N4O3S/c20-11-16(21)13-27-14-17(22)19(25)23-10-6-2-5-9-18(24)26-12-15-7-3-1-4-8-15/h1,3-4,7-8,16-17H,2,5-6,9-14,20-22H2,(H,23,25)/t16-,17-/m0/s1. The second kappa shape index (κ2) is 14.4. The molecule has 0 unspecified atom stereocenters. The summed E-state index contributed by atoms with van der Waals surface area (Å²) in [6.07, 6.45) is 2.77. The van der Waals surface area contributed by atoms with Crippen LogP contribution in [0.1, 0.15) is 31.2 Å². The van der Waals surface area contributed by atoms with Crippen LogP contribution in [0.4, 0.5) is 0 Å². The molecule has 0 spiro atoms. The second-order valence-corrected chi connectivity index (χ2v) is 7.46. The summed E-state index contributed by atoms with van der Waals surface area (Å²) in [6.45, 7) is 1.29. The molecule has 0 saturated carbocycles. The van der Waals surface area contributed by atoms with E-state index in [9.17, 15) is 9.59 Å². The summed E-state index contributed by atoms with van der Waals surface area (Å²) in [6, 6.07) is 8.98. The number of nitrogens with two attached hydrogens (primary N) is 3. The lowest BCUT2D eigenvalue weighted by Crippen LogP contribution is -2.43. The van der Waals surface area contributed by atoms with Crippen LogP contribution in [-0.4, -0.2) is 48.6 Å². The van der Waals surface area contributed by atoms with Gasteiger partial charge in [0.05, 0.1) is 6.04 Å². The topological polar surface area (TPSA) is 133 Å². The van der Waals surface area contributed by atoms with Gasteiger partial charge in [0.1, 0.15) is 6.61 Å². The van der Waals surface area contributed by atoms with Gasteiger partial charge in [-0.25, -0.2) is 0 Å². The van der Waals surface area contributed by atoms with Gasteiger partial charge in [0.15, 0.2) is 0 Å². The average molecular weight is 397 g/mol. The minimum Gasteiger partial charge on any atom is -0.461 e. The molecule has 152 valence electrons. The van der Waals surface area contributed by atoms with Gasteiger partial charge in [0, 0.05) is 37.1 Å². The Hall–Kier alpha value is -1.61. The quantitative estimate of drug-likeness (QED) is 0.269. The molecule has 0 radical (unpaired) electrons. The second-order valence-electron chi connectivity index (χ2n) is 6.39. The van der Waals surface area contributed by atoms with Crippen LogP contribution >= 0.6 is 11.8 Å². The zero-order valence-corrected chi connectivity index (χ0v) is 16.6. The fourth-order valence-corrected chi connectivity index (χ4v) is 3.19. The molecule has 1 amide bonds. The van der Waals surface area contributed by atoms with Gasteiger partial charge in [-0.15, -0.1) is 0 Å². The van der Waals surface area contributed by atoms with Gasteiger partial charge in [-0.2, -0.15) is 11.8 Å². The molecule has 27 heavy (non-hydrogen) atoms. The van der Waals surface area contributed by atoms with E-state index in [0.717, 1.165) is 24.8 Å². The number of carbonyl (C=O) groups excluding carboxylic acids is 2. The van der Waals surface area contributed by atoms with Gasteiger partial charge in [-0.05, 0) is 18.4 Å². The lowest BCUT2D eigenvalue weighted by atomic mass is 10.2. The summed E-state index contributed by atoms with van der Waals surface area (Å²) in [4.78, 5) is 23.6. The maximum Gasteiger partial charge on any atom is 0.306 e. The first-order valence-electron chi connectivity index (χ1n) is 9.29. The molecule has 0 bridgehead atoms. The van der Waals surface area contributed by atoms with Crippen molar-refractivity contribution in [3.63, 3.8) is 0 Å². The normalized spacial score (nSPS) is 13.0. The Kier molecular flexibility index (Phi) is 12.5. The minimum atomic E-state index is -0.548. The maximum absolute atomic E-state index is 11.9. The lowest BCUT2D eigenvalue weighted by molar-refractivity contribution is -0.145. The minimum absolute atomic E-state index is 0.0651. The van der Waals surface area contributed by atoms with Crippen molar-refractivity contribution in [2.45, 2.75) is 44.4 Å². The van der Waals surface area contributed by atoms with Crippen LogP contribution < -0.4 is 22.5 Å². The summed E-state index contributed by atoms with van der Waals surface area (Å²) in [5.74, 6) is 0.855. The number of carbonyl (C=O) groups is 2. The van der Waals surface area contributed by atoms with Crippen molar-refractivity contribution in [1.82, 2.24) is 5.32 Å². The van der Waals surface area contributed by atoms with Crippen LogP contribution in [0.2, 0.25) is 0 Å². The van der Waals surface area contributed by atoms with Crippen LogP contribution in [0, 0.1) is 0 Å². The highest BCUT2D eigenvalue weighted by molar-refractivity contribution is 7.99. The van der Waals surface area contributed by atoms with Gasteiger partial charge in [0.25, 0.3) is 0 Å². The number of esters is 1. The maximum atomic E-state index is 11.9. The SMILES string of the molecule is NC[C@H](N)CSC[C@H](N)C(=O)NCCCCCC(=O)OCc1ccccc1. The number of rotatable bonds is 14. The summed E-state index contributed by atoms with van der Waals surface area (Å²) in [5, 5.41) is 2.82. The molecular weight excluding hydrogens is 364 g/mol. The van der Waals surface area contributed by atoms with Crippen LogP contribution in [0.3, 0.4) is 0 Å². The first-order valence-corrected chi connectivity index (χ1v) is 10.4. The summed E-state index contributed by atoms with van der Waals surface area (Å²) in [5.41, 5.74) is 18.0. The Morgan fingerprint density at radius 2 is 1.81 bits per heavy atom. The Bertz CT molecular complexity index is 545. The van der Waals surface area contributed by atoms with Crippen molar-refractivity contribution >= 4 is 23.6 Å². The van der Waals surface area contributed by atoms with E-state index in [1.807, 2.05) is 30.3 Å². The Labute approximate surface area is 165 Å². The molecule has 0 saturated heterocycles. The molecular formula is C19H32N4O3S. The Morgan fingerprint density at radius 1 is 1.07 bits per heavy atom. The highest BCUT2D eigenvalue weighted by Crippen LogP contribution is 2.06. The van der Waals surface area contributed by atoms with Gasteiger partial charge in [-0.3, -0.25) is 9.59 Å². The zero-order valence-electron chi connectivity index (χ0n) is 15.8. The first kappa shape index (κ1) is 23.4. The van der Waals surface area contributed by atoms with Gasteiger partial charge in [-0.1, -0.05) is 36.8 Å². The van der Waals surface area contributed by atoms with E-state index in [4.69, 9.17) is 21.9 Å². The fraction of sp³-hybridized carbons (Fsp3) is 0.579. The molecule has 0 aliphatic rings. The number of thioether (sulfide) groups is 1. The molecule has 1 aromatic carbocycles. The van der Waals surface area contributed by atoms with Gasteiger partial charge in [0.2, 0.25) is 5.91 Å². The molecule has 8 heteroatoms. The van der Waals surface area contributed by atoms with Crippen molar-refractivity contribution in [1.29, 1.82) is 0 Å². The van der Waals surface area contributed by atoms with Crippen LogP contribution in [0.15, 0.2) is 30.3 Å². The highest BCUT2D eigenvalue weighted by Gasteiger charge is 2.13. The monoisotopic (exact) mass is 396 g/mol. The van der Waals surface area contributed by atoms with Crippen molar-refractivity contribution in [3.8, 4) is 0 Å². The van der Waals surface area contributed by atoms with Crippen molar-refractivity contribution in [2.24, 2.45) is 17.2 Å². The van der Waals surface area contributed by atoms with E-state index in [0.29, 0.717) is 37.6 Å². The molecule has 7 nitrogen and oxygen atoms in total. The van der Waals surface area contributed by atoms with E-state index >= 15 is 0 Å². The van der Waals surface area contributed by atoms with E-state index in [1.54, 1.807) is 0 Å². The highest BCUT2D eigenvalue weighted by atomic mass is 32.2. The van der Waals surface area contributed by atoms with E-state index in [1.165, 1.54) is 11.8 Å². The lowest BCUT2D eigenvalue weighted by Gasteiger charge is -2.13. The fourth-order valence-electron chi connectivity index (χ4n) is 2.21. The molecule has 0 fully saturated rings.